The van der Waals surface area contributed by atoms with Crippen LogP contribution in [0.1, 0.15) is 13.3 Å². The Kier molecular flexibility index (Phi) is 3.80. The average molecular weight is 170 g/mol. The van der Waals surface area contributed by atoms with Crippen molar-refractivity contribution in [3.8, 4) is 0 Å². The van der Waals surface area contributed by atoms with Crippen molar-refractivity contribution in [3.05, 3.63) is 12.3 Å². The molecule has 0 aliphatic carbocycles. The maximum atomic E-state index is 11.3. The molecule has 0 spiro atoms. The Balaban J connectivity index is 2.26. The Bertz CT molecular complexity index is 169. The number of ether oxygens (including phenoxy) is 2. The summed E-state index contributed by atoms with van der Waals surface area (Å²) in [5, 5.41) is 0. The second-order valence-corrected chi connectivity index (χ2v) is 2.72. The van der Waals surface area contributed by atoms with Crippen LogP contribution in [0.4, 0.5) is 0 Å². The van der Waals surface area contributed by atoms with E-state index < -0.39 is 0 Å². The summed E-state index contributed by atoms with van der Waals surface area (Å²) in [4.78, 5) is 11.3. The molecule has 3 nitrogen and oxygen atoms in total. The van der Waals surface area contributed by atoms with Gasteiger partial charge in [0.15, 0.2) is 5.78 Å². The summed E-state index contributed by atoms with van der Waals surface area (Å²) in [6.07, 6.45) is 3.79. The maximum absolute atomic E-state index is 11.3. The summed E-state index contributed by atoms with van der Waals surface area (Å²) in [6.45, 7) is 3.76. The van der Waals surface area contributed by atoms with E-state index in [0.29, 0.717) is 19.8 Å². The molecule has 0 aromatic rings. The van der Waals surface area contributed by atoms with Crippen molar-refractivity contribution in [2.24, 2.45) is 5.92 Å². The third kappa shape index (κ3) is 2.66. The normalized spacial score (nSPS) is 23.2. The minimum Gasteiger partial charge on any atom is -0.501 e. The summed E-state index contributed by atoms with van der Waals surface area (Å²) in [5.41, 5.74) is 0. The van der Waals surface area contributed by atoms with Gasteiger partial charge in [-0.25, -0.2) is 0 Å². The lowest BCUT2D eigenvalue weighted by molar-refractivity contribution is -0.118. The molecule has 0 aromatic carbocycles. The molecule has 0 N–H and O–H groups in total. The average Bonchev–Trinajstić information content (AvgIpc) is 2.56. The lowest BCUT2D eigenvalue weighted by Crippen LogP contribution is -2.11. The van der Waals surface area contributed by atoms with Gasteiger partial charge in [-0.05, 0) is 13.3 Å². The van der Waals surface area contributed by atoms with Gasteiger partial charge < -0.3 is 9.47 Å². The highest BCUT2D eigenvalue weighted by atomic mass is 16.5. The van der Waals surface area contributed by atoms with Crippen molar-refractivity contribution in [3.63, 3.8) is 0 Å². The minimum absolute atomic E-state index is 0.0571. The third-order valence-corrected chi connectivity index (χ3v) is 1.83. The first kappa shape index (κ1) is 9.26. The molecule has 0 amide bonds. The summed E-state index contributed by atoms with van der Waals surface area (Å²) in [5.74, 6) is 0.169. The first-order chi connectivity index (χ1) is 5.84. The largest absolute Gasteiger partial charge is 0.501 e. The van der Waals surface area contributed by atoms with Gasteiger partial charge in [-0.2, -0.15) is 0 Å². The van der Waals surface area contributed by atoms with Crippen molar-refractivity contribution in [2.45, 2.75) is 13.3 Å². The van der Waals surface area contributed by atoms with Gasteiger partial charge in [0.25, 0.3) is 0 Å². The van der Waals surface area contributed by atoms with E-state index in [-0.39, 0.29) is 11.7 Å². The highest BCUT2D eigenvalue weighted by Crippen LogP contribution is 2.13. The minimum atomic E-state index is 0.0571. The lowest BCUT2D eigenvalue weighted by atomic mass is 10.0. The van der Waals surface area contributed by atoms with E-state index in [9.17, 15) is 4.79 Å². The molecule has 0 radical (unpaired) electrons. The van der Waals surface area contributed by atoms with Gasteiger partial charge in [0, 0.05) is 18.6 Å². The summed E-state index contributed by atoms with van der Waals surface area (Å²) in [6, 6.07) is 0. The molecule has 1 saturated heterocycles. The zero-order chi connectivity index (χ0) is 8.81. The second-order valence-electron chi connectivity index (χ2n) is 2.72. The van der Waals surface area contributed by atoms with E-state index in [0.717, 1.165) is 6.42 Å². The summed E-state index contributed by atoms with van der Waals surface area (Å²) in [7, 11) is 0. The van der Waals surface area contributed by atoms with E-state index in [1.807, 2.05) is 6.92 Å². The van der Waals surface area contributed by atoms with E-state index in [4.69, 9.17) is 9.47 Å². The molecule has 3 heteroatoms. The fourth-order valence-electron chi connectivity index (χ4n) is 1.11. The van der Waals surface area contributed by atoms with Gasteiger partial charge in [0.05, 0.1) is 19.5 Å². The van der Waals surface area contributed by atoms with Crippen molar-refractivity contribution < 1.29 is 14.3 Å². The topological polar surface area (TPSA) is 35.5 Å². The van der Waals surface area contributed by atoms with Gasteiger partial charge in [-0.15, -0.1) is 0 Å². The molecule has 1 aliphatic rings. The van der Waals surface area contributed by atoms with Crippen molar-refractivity contribution in [1.82, 2.24) is 0 Å². The number of hydrogen-bond acceptors (Lipinski definition) is 3. The van der Waals surface area contributed by atoms with Crippen LogP contribution in [0.5, 0.6) is 0 Å². The van der Waals surface area contributed by atoms with E-state index in [1.165, 1.54) is 12.3 Å². The maximum Gasteiger partial charge on any atom is 0.164 e. The van der Waals surface area contributed by atoms with Gasteiger partial charge in [-0.3, -0.25) is 4.79 Å². The monoisotopic (exact) mass is 170 g/mol. The van der Waals surface area contributed by atoms with Crippen LogP contribution in [0.25, 0.3) is 0 Å². The number of hydrogen-bond donors (Lipinski definition) is 0. The van der Waals surface area contributed by atoms with Crippen molar-refractivity contribution in [2.75, 3.05) is 19.8 Å². The number of rotatable bonds is 4. The van der Waals surface area contributed by atoms with Crippen molar-refractivity contribution >= 4 is 5.78 Å². The molecule has 1 aliphatic heterocycles. The number of allylic oxidation sites excluding steroid dienone is 1. The fourth-order valence-corrected chi connectivity index (χ4v) is 1.11. The Hall–Kier alpha value is -0.830. The Morgan fingerprint density at radius 3 is 3.17 bits per heavy atom. The molecule has 0 bridgehead atoms. The number of carbonyl (C=O) groups excluding carboxylic acids is 1. The number of ketones is 1. The predicted octanol–water partition coefficient (Wildman–Crippen LogP) is 1.14. The smallest absolute Gasteiger partial charge is 0.164 e. The molecule has 1 unspecified atom stereocenters. The van der Waals surface area contributed by atoms with Crippen LogP contribution in [0.3, 0.4) is 0 Å². The Labute approximate surface area is 72.4 Å². The van der Waals surface area contributed by atoms with E-state index in [1.54, 1.807) is 0 Å². The van der Waals surface area contributed by atoms with Crippen LogP contribution in [0, 0.1) is 5.92 Å². The molecular formula is C9H14O3. The van der Waals surface area contributed by atoms with Crippen LogP contribution < -0.4 is 0 Å². The first-order valence-electron chi connectivity index (χ1n) is 4.24. The molecule has 1 heterocycles. The van der Waals surface area contributed by atoms with Gasteiger partial charge in [0.2, 0.25) is 0 Å². The molecule has 68 valence electrons. The van der Waals surface area contributed by atoms with Crippen molar-refractivity contribution in [1.29, 1.82) is 0 Å². The van der Waals surface area contributed by atoms with E-state index in [2.05, 4.69) is 0 Å². The van der Waals surface area contributed by atoms with Crippen LogP contribution in [0.2, 0.25) is 0 Å². The highest BCUT2D eigenvalue weighted by molar-refractivity contribution is 5.91. The number of carbonyl (C=O) groups is 1. The van der Waals surface area contributed by atoms with Crippen LogP contribution in [-0.2, 0) is 14.3 Å². The lowest BCUT2D eigenvalue weighted by Gasteiger charge is -2.00. The molecular weight excluding hydrogens is 156 g/mol. The highest BCUT2D eigenvalue weighted by Gasteiger charge is 2.21. The van der Waals surface area contributed by atoms with Gasteiger partial charge >= 0.3 is 0 Å². The molecule has 0 aromatic heterocycles. The third-order valence-electron chi connectivity index (χ3n) is 1.83. The predicted molar refractivity (Wildman–Crippen MR) is 44.7 cm³/mol. The van der Waals surface area contributed by atoms with Gasteiger partial charge in [0.1, 0.15) is 0 Å². The summed E-state index contributed by atoms with van der Waals surface area (Å²) < 4.78 is 10.0. The Morgan fingerprint density at radius 1 is 1.75 bits per heavy atom. The molecule has 1 rings (SSSR count). The molecule has 1 atom stereocenters. The molecule has 1 fully saturated rings. The van der Waals surface area contributed by atoms with Crippen LogP contribution in [-0.4, -0.2) is 25.6 Å². The van der Waals surface area contributed by atoms with Crippen LogP contribution in [0.15, 0.2) is 12.3 Å². The SMILES string of the molecule is CCO/C=C/C(=O)C1CCOC1. The second kappa shape index (κ2) is 4.93. The standard InChI is InChI=1S/C9H14O3/c1-2-11-6-4-9(10)8-3-5-12-7-8/h4,6,8H,2-3,5,7H2,1H3/b6-4+. The Morgan fingerprint density at radius 2 is 2.58 bits per heavy atom. The zero-order valence-electron chi connectivity index (χ0n) is 7.29. The quantitative estimate of drug-likeness (QED) is 0.469. The van der Waals surface area contributed by atoms with Crippen LogP contribution >= 0.6 is 0 Å². The van der Waals surface area contributed by atoms with Gasteiger partial charge in [-0.1, -0.05) is 0 Å². The first-order valence-corrected chi connectivity index (χ1v) is 4.24. The summed E-state index contributed by atoms with van der Waals surface area (Å²) >= 11 is 0. The fraction of sp³-hybridized carbons (Fsp3) is 0.667. The molecule has 0 saturated carbocycles. The molecule has 12 heavy (non-hydrogen) atoms. The zero-order valence-corrected chi connectivity index (χ0v) is 7.29. The van der Waals surface area contributed by atoms with E-state index >= 15 is 0 Å².